The molecule has 0 bridgehead atoms. The highest BCUT2D eigenvalue weighted by Crippen LogP contribution is 2.15. The van der Waals surface area contributed by atoms with Gasteiger partial charge in [-0.25, -0.2) is 4.39 Å². The summed E-state index contributed by atoms with van der Waals surface area (Å²) in [7, 11) is 1.56. The van der Waals surface area contributed by atoms with Gasteiger partial charge in [0.1, 0.15) is 17.3 Å². The summed E-state index contributed by atoms with van der Waals surface area (Å²) in [6, 6.07) is 5.63. The topological polar surface area (TPSA) is 72.4 Å². The summed E-state index contributed by atoms with van der Waals surface area (Å²) in [5.74, 6) is -0.390. The Morgan fingerprint density at radius 2 is 2.21 bits per heavy atom. The van der Waals surface area contributed by atoms with E-state index in [0.29, 0.717) is 17.1 Å². The zero-order valence-electron chi connectivity index (χ0n) is 10.7. The van der Waals surface area contributed by atoms with Gasteiger partial charge in [0.2, 0.25) is 0 Å². The molecule has 0 fully saturated rings. The van der Waals surface area contributed by atoms with Gasteiger partial charge in [0, 0.05) is 18.8 Å². The van der Waals surface area contributed by atoms with Crippen LogP contribution < -0.4 is 5.73 Å². The van der Waals surface area contributed by atoms with E-state index in [4.69, 9.17) is 10.3 Å². The van der Waals surface area contributed by atoms with E-state index < -0.39 is 11.7 Å². The molecule has 1 aromatic carbocycles. The molecule has 6 heteroatoms. The number of hydrogen-bond acceptors (Lipinski definition) is 4. The lowest BCUT2D eigenvalue weighted by atomic mass is 10.1. The van der Waals surface area contributed by atoms with Gasteiger partial charge in [-0.3, -0.25) is 4.79 Å². The Morgan fingerprint density at radius 3 is 2.84 bits per heavy atom. The average molecular weight is 263 g/mol. The number of benzene rings is 1. The van der Waals surface area contributed by atoms with Gasteiger partial charge in [-0.05, 0) is 25.1 Å². The van der Waals surface area contributed by atoms with E-state index >= 15 is 0 Å². The van der Waals surface area contributed by atoms with Gasteiger partial charge in [-0.1, -0.05) is 5.16 Å². The predicted molar refractivity (Wildman–Crippen MR) is 67.8 cm³/mol. The van der Waals surface area contributed by atoms with Crippen molar-refractivity contribution in [2.24, 2.45) is 0 Å². The highest BCUT2D eigenvalue weighted by atomic mass is 19.1. The van der Waals surface area contributed by atoms with Gasteiger partial charge in [0.05, 0.1) is 12.1 Å². The second kappa shape index (κ2) is 5.09. The van der Waals surface area contributed by atoms with Crippen molar-refractivity contribution < 1.29 is 13.7 Å². The van der Waals surface area contributed by atoms with E-state index in [1.54, 1.807) is 20.0 Å². The Kier molecular flexibility index (Phi) is 3.50. The third-order valence-corrected chi connectivity index (χ3v) is 2.64. The van der Waals surface area contributed by atoms with Crippen LogP contribution in [0.4, 0.5) is 10.1 Å². The number of carbonyl (C=O) groups is 1. The quantitative estimate of drug-likeness (QED) is 0.859. The lowest BCUT2D eigenvalue weighted by Crippen LogP contribution is -2.27. The molecule has 1 amide bonds. The number of anilines is 1. The summed E-state index contributed by atoms with van der Waals surface area (Å²) in [4.78, 5) is 13.5. The van der Waals surface area contributed by atoms with Gasteiger partial charge < -0.3 is 15.2 Å². The highest BCUT2D eigenvalue weighted by Gasteiger charge is 2.17. The second-order valence-electron chi connectivity index (χ2n) is 4.33. The van der Waals surface area contributed by atoms with E-state index in [1.165, 1.54) is 23.1 Å². The normalized spacial score (nSPS) is 10.5. The number of amides is 1. The third-order valence-electron chi connectivity index (χ3n) is 2.64. The summed E-state index contributed by atoms with van der Waals surface area (Å²) in [5, 5.41) is 3.78. The zero-order chi connectivity index (χ0) is 14.0. The lowest BCUT2D eigenvalue weighted by molar-refractivity contribution is 0.0777. The molecule has 0 spiro atoms. The molecule has 100 valence electrons. The number of rotatable bonds is 3. The van der Waals surface area contributed by atoms with Crippen molar-refractivity contribution in [3.05, 3.63) is 47.1 Å². The number of nitrogens with two attached hydrogens (primary N) is 1. The molecule has 2 N–H and O–H groups in total. The molecule has 1 aromatic heterocycles. The largest absolute Gasteiger partial charge is 0.399 e. The molecule has 0 aliphatic carbocycles. The van der Waals surface area contributed by atoms with Crippen LogP contribution in [0.15, 0.2) is 28.8 Å². The first-order valence-electron chi connectivity index (χ1n) is 5.70. The first-order chi connectivity index (χ1) is 8.97. The van der Waals surface area contributed by atoms with E-state index in [1.807, 2.05) is 0 Å². The number of nitrogen functional groups attached to an aromatic ring is 1. The van der Waals surface area contributed by atoms with Crippen LogP contribution in [0.5, 0.6) is 0 Å². The second-order valence-corrected chi connectivity index (χ2v) is 4.33. The van der Waals surface area contributed by atoms with Gasteiger partial charge in [0.25, 0.3) is 5.91 Å². The minimum atomic E-state index is -0.595. The first-order valence-corrected chi connectivity index (χ1v) is 5.70. The molecule has 0 unspecified atom stereocenters. The van der Waals surface area contributed by atoms with Gasteiger partial charge in [0.15, 0.2) is 0 Å². The number of halogens is 1. The Bertz CT molecular complexity index is 610. The van der Waals surface area contributed by atoms with Crippen molar-refractivity contribution in [1.82, 2.24) is 10.1 Å². The summed E-state index contributed by atoms with van der Waals surface area (Å²) in [6.45, 7) is 2.00. The summed E-state index contributed by atoms with van der Waals surface area (Å²) < 4.78 is 18.5. The summed E-state index contributed by atoms with van der Waals surface area (Å²) in [6.07, 6.45) is 0. The van der Waals surface area contributed by atoms with E-state index in [2.05, 4.69) is 5.16 Å². The minimum absolute atomic E-state index is 0.0530. The van der Waals surface area contributed by atoms with Crippen molar-refractivity contribution in [1.29, 1.82) is 0 Å². The smallest absolute Gasteiger partial charge is 0.257 e. The molecule has 1 heterocycles. The lowest BCUT2D eigenvalue weighted by Gasteiger charge is -2.16. The van der Waals surface area contributed by atoms with Gasteiger partial charge in [-0.15, -0.1) is 0 Å². The summed E-state index contributed by atoms with van der Waals surface area (Å²) >= 11 is 0. The molecule has 0 saturated carbocycles. The van der Waals surface area contributed by atoms with E-state index in [0.717, 1.165) is 0 Å². The van der Waals surface area contributed by atoms with Crippen LogP contribution in [-0.2, 0) is 6.54 Å². The standard InChI is InChI=1S/C13H14FN3O2/c1-8-5-10(16-19-8)7-17(2)13(18)11-6-9(15)3-4-12(11)14/h3-6H,7,15H2,1-2H3. The molecule has 0 atom stereocenters. The fourth-order valence-corrected chi connectivity index (χ4v) is 1.72. The van der Waals surface area contributed by atoms with Crippen LogP contribution in [0.2, 0.25) is 0 Å². The van der Waals surface area contributed by atoms with Crippen molar-refractivity contribution in [3.63, 3.8) is 0 Å². The molecule has 0 radical (unpaired) electrons. The molecule has 5 nitrogen and oxygen atoms in total. The van der Waals surface area contributed by atoms with Crippen molar-refractivity contribution in [2.75, 3.05) is 12.8 Å². The fraction of sp³-hybridized carbons (Fsp3) is 0.231. The molecule has 0 aliphatic heterocycles. The maximum absolute atomic E-state index is 13.6. The molecule has 0 aliphatic rings. The maximum Gasteiger partial charge on any atom is 0.257 e. The molecule has 2 rings (SSSR count). The molecule has 2 aromatic rings. The summed E-state index contributed by atoms with van der Waals surface area (Å²) in [5.41, 5.74) is 6.46. The van der Waals surface area contributed by atoms with Crippen LogP contribution in [0.3, 0.4) is 0 Å². The Morgan fingerprint density at radius 1 is 1.47 bits per heavy atom. The fourth-order valence-electron chi connectivity index (χ4n) is 1.72. The molecular formula is C13H14FN3O2. The SMILES string of the molecule is Cc1cc(CN(C)C(=O)c2cc(N)ccc2F)no1. The van der Waals surface area contributed by atoms with Crippen molar-refractivity contribution in [3.8, 4) is 0 Å². The Labute approximate surface area is 109 Å². The number of aromatic nitrogens is 1. The van der Waals surface area contributed by atoms with Crippen LogP contribution >= 0.6 is 0 Å². The average Bonchev–Trinajstić information content (AvgIpc) is 2.77. The van der Waals surface area contributed by atoms with Crippen LogP contribution in [0.25, 0.3) is 0 Å². The zero-order valence-corrected chi connectivity index (χ0v) is 10.7. The first kappa shape index (κ1) is 13.1. The monoisotopic (exact) mass is 263 g/mol. The van der Waals surface area contributed by atoms with Gasteiger partial charge >= 0.3 is 0 Å². The molecule has 19 heavy (non-hydrogen) atoms. The molecular weight excluding hydrogens is 249 g/mol. The van der Waals surface area contributed by atoms with Crippen molar-refractivity contribution in [2.45, 2.75) is 13.5 Å². The Balaban J connectivity index is 2.16. The van der Waals surface area contributed by atoms with Crippen LogP contribution in [0.1, 0.15) is 21.8 Å². The molecule has 0 saturated heterocycles. The van der Waals surface area contributed by atoms with Crippen LogP contribution in [-0.4, -0.2) is 23.0 Å². The number of hydrogen-bond donors (Lipinski definition) is 1. The third kappa shape index (κ3) is 2.90. The van der Waals surface area contributed by atoms with Crippen molar-refractivity contribution >= 4 is 11.6 Å². The number of aryl methyl sites for hydroxylation is 1. The Hall–Kier alpha value is -2.37. The minimum Gasteiger partial charge on any atom is -0.399 e. The van der Waals surface area contributed by atoms with Gasteiger partial charge in [-0.2, -0.15) is 0 Å². The highest BCUT2D eigenvalue weighted by molar-refractivity contribution is 5.95. The maximum atomic E-state index is 13.6. The number of nitrogens with zero attached hydrogens (tertiary/aromatic N) is 2. The predicted octanol–water partition coefficient (Wildman–Crippen LogP) is 1.98. The van der Waals surface area contributed by atoms with Crippen LogP contribution in [0, 0.1) is 12.7 Å². The van der Waals surface area contributed by atoms with E-state index in [-0.39, 0.29) is 12.1 Å². The number of carbonyl (C=O) groups excluding carboxylic acids is 1. The van der Waals surface area contributed by atoms with E-state index in [9.17, 15) is 9.18 Å².